The maximum Gasteiger partial charge on any atom is 0.376 e. The van der Waals surface area contributed by atoms with Crippen LogP contribution >= 0.6 is 23.2 Å². The molecule has 0 bridgehead atoms. The van der Waals surface area contributed by atoms with Crippen molar-refractivity contribution in [1.82, 2.24) is 24.1 Å². The van der Waals surface area contributed by atoms with Gasteiger partial charge in [0.2, 0.25) is 21.6 Å². The van der Waals surface area contributed by atoms with Gasteiger partial charge in [-0.25, -0.2) is 27.7 Å². The van der Waals surface area contributed by atoms with Gasteiger partial charge in [0.25, 0.3) is 5.56 Å². The number of nitrogens with two attached hydrogens (primary N) is 1. The average molecular weight is 635 g/mol. The first-order chi connectivity index (χ1) is 20.5. The highest BCUT2D eigenvalue weighted by molar-refractivity contribution is 7.89. The summed E-state index contributed by atoms with van der Waals surface area (Å²) in [5.41, 5.74) is 2.17. The number of hydrogen-bond acceptors (Lipinski definition) is 8. The van der Waals surface area contributed by atoms with E-state index in [9.17, 15) is 18.0 Å². The third kappa shape index (κ3) is 5.25. The average Bonchev–Trinajstić information content (AvgIpc) is 3.37. The quantitative estimate of drug-likeness (QED) is 0.254. The van der Waals surface area contributed by atoms with Gasteiger partial charge < -0.3 is 4.74 Å². The van der Waals surface area contributed by atoms with E-state index >= 15 is 0 Å². The lowest BCUT2D eigenvalue weighted by atomic mass is 10.0. The van der Waals surface area contributed by atoms with Gasteiger partial charge in [0, 0.05) is 21.2 Å². The molecule has 0 atom stereocenters. The van der Waals surface area contributed by atoms with E-state index in [1.807, 2.05) is 0 Å². The van der Waals surface area contributed by atoms with Crippen molar-refractivity contribution in [3.05, 3.63) is 105 Å². The Hall–Kier alpha value is -4.62. The van der Waals surface area contributed by atoms with Gasteiger partial charge in [0.05, 0.1) is 28.3 Å². The van der Waals surface area contributed by atoms with Crippen molar-refractivity contribution >= 4 is 56.0 Å². The molecule has 0 radical (unpaired) electrons. The molecule has 0 spiro atoms. The van der Waals surface area contributed by atoms with Gasteiger partial charge in [-0.15, -0.1) is 5.10 Å². The summed E-state index contributed by atoms with van der Waals surface area (Å²) in [5.74, 6) is -1.23. The molecule has 3 aromatic carbocycles. The zero-order valence-electron chi connectivity index (χ0n) is 22.2. The zero-order valence-corrected chi connectivity index (χ0v) is 24.6. The number of esters is 1. The molecular formula is C29H20Cl2N6O5S. The molecule has 14 heteroatoms. The topological polar surface area (TPSA) is 152 Å². The molecule has 3 heterocycles. The number of fused-ring (bicyclic) bond motifs is 2. The smallest absolute Gasteiger partial charge is 0.376 e. The van der Waals surface area contributed by atoms with Gasteiger partial charge in [-0.3, -0.25) is 4.79 Å². The van der Waals surface area contributed by atoms with Crippen LogP contribution in [-0.4, -0.2) is 45.1 Å². The SMILES string of the molecule is CCOC(=O)c1nn(-c2ccc(S(N)(=O)=O)cc2)c2nc3nc(-c4ccc(Cl)cc4)cc(-c4ccc(Cl)cc4)c3c(=O)n12. The third-order valence-corrected chi connectivity index (χ3v) is 8.02. The number of pyridine rings is 1. The third-order valence-electron chi connectivity index (χ3n) is 6.58. The molecular weight excluding hydrogens is 615 g/mol. The predicted octanol–water partition coefficient (Wildman–Crippen LogP) is 4.89. The number of hydrogen-bond donors (Lipinski definition) is 1. The molecule has 0 saturated heterocycles. The van der Waals surface area contributed by atoms with E-state index in [2.05, 4.69) is 5.10 Å². The molecule has 6 aromatic rings. The second-order valence-corrected chi connectivity index (χ2v) is 11.7. The summed E-state index contributed by atoms with van der Waals surface area (Å²) >= 11 is 12.2. The molecule has 11 nitrogen and oxygen atoms in total. The molecule has 0 aliphatic carbocycles. The Bertz CT molecular complexity index is 2210. The number of carbonyl (C=O) groups is 1. The van der Waals surface area contributed by atoms with Crippen molar-refractivity contribution in [2.75, 3.05) is 6.61 Å². The van der Waals surface area contributed by atoms with Crippen LogP contribution in [0.1, 0.15) is 17.5 Å². The Balaban J connectivity index is 1.71. The minimum atomic E-state index is -3.96. The molecule has 0 aliphatic heterocycles. The molecule has 0 saturated carbocycles. The maximum absolute atomic E-state index is 14.3. The molecule has 0 aliphatic rings. The predicted molar refractivity (Wildman–Crippen MR) is 162 cm³/mol. The molecule has 216 valence electrons. The van der Waals surface area contributed by atoms with Crippen molar-refractivity contribution in [3.63, 3.8) is 0 Å². The summed E-state index contributed by atoms with van der Waals surface area (Å²) in [4.78, 5) is 36.6. The van der Waals surface area contributed by atoms with Crippen molar-refractivity contribution in [3.8, 4) is 28.1 Å². The van der Waals surface area contributed by atoms with Crippen LogP contribution in [0.4, 0.5) is 0 Å². The van der Waals surface area contributed by atoms with Gasteiger partial charge in [-0.2, -0.15) is 9.67 Å². The second-order valence-electron chi connectivity index (χ2n) is 9.31. The number of benzene rings is 3. The first kappa shape index (κ1) is 28.5. The minimum Gasteiger partial charge on any atom is -0.460 e. The monoisotopic (exact) mass is 634 g/mol. The molecule has 0 unspecified atom stereocenters. The van der Waals surface area contributed by atoms with E-state index in [-0.39, 0.29) is 34.1 Å². The summed E-state index contributed by atoms with van der Waals surface area (Å²) in [6, 6.07) is 21.1. The van der Waals surface area contributed by atoms with Crippen molar-refractivity contribution < 1.29 is 17.9 Å². The number of halogens is 2. The van der Waals surface area contributed by atoms with Gasteiger partial charge in [0.1, 0.15) is 0 Å². The van der Waals surface area contributed by atoms with Crippen molar-refractivity contribution in [2.45, 2.75) is 11.8 Å². The Morgan fingerprint density at radius 2 is 1.51 bits per heavy atom. The summed E-state index contributed by atoms with van der Waals surface area (Å²) in [6.45, 7) is 1.66. The van der Waals surface area contributed by atoms with E-state index in [1.54, 1.807) is 61.5 Å². The highest BCUT2D eigenvalue weighted by atomic mass is 35.5. The van der Waals surface area contributed by atoms with Gasteiger partial charge >= 0.3 is 5.97 Å². The molecule has 6 rings (SSSR count). The molecule has 0 fully saturated rings. The first-order valence-corrected chi connectivity index (χ1v) is 15.0. The van der Waals surface area contributed by atoms with E-state index in [0.717, 1.165) is 9.96 Å². The molecule has 3 aromatic heterocycles. The summed E-state index contributed by atoms with van der Waals surface area (Å²) in [5, 5.41) is 10.8. The van der Waals surface area contributed by atoms with E-state index in [0.29, 0.717) is 32.6 Å². The fraction of sp³-hybridized carbons (Fsp3) is 0.0690. The van der Waals surface area contributed by atoms with Crippen molar-refractivity contribution in [2.24, 2.45) is 5.14 Å². The van der Waals surface area contributed by atoms with Crippen LogP contribution in [-0.2, 0) is 14.8 Å². The fourth-order valence-electron chi connectivity index (χ4n) is 4.59. The van der Waals surface area contributed by atoms with Crippen LogP contribution in [0, 0.1) is 0 Å². The standard InChI is InChI=1S/C29H20Cl2N6O5S/c1-2-42-28(39)26-35-37(20-11-13-21(14-12-20)43(32,40)41)29-34-25-24(27(38)36(26)29)22(16-3-7-18(30)8-4-16)15-23(33-25)17-5-9-19(31)10-6-17/h3-15H,2H2,1H3,(H2,32,40,41). The fourth-order valence-corrected chi connectivity index (χ4v) is 5.36. The van der Waals surface area contributed by atoms with Crippen LogP contribution < -0.4 is 10.7 Å². The van der Waals surface area contributed by atoms with E-state index in [1.165, 1.54) is 28.9 Å². The van der Waals surface area contributed by atoms with Gasteiger partial charge in [0.15, 0.2) is 5.65 Å². The molecule has 2 N–H and O–H groups in total. The number of sulfonamides is 1. The van der Waals surface area contributed by atoms with Crippen LogP contribution in [0.3, 0.4) is 0 Å². The Morgan fingerprint density at radius 1 is 0.907 bits per heavy atom. The zero-order chi connectivity index (χ0) is 30.5. The number of rotatable bonds is 6. The lowest BCUT2D eigenvalue weighted by Crippen LogP contribution is -2.21. The highest BCUT2D eigenvalue weighted by Gasteiger charge is 2.26. The number of ether oxygens (including phenoxy) is 1. The minimum absolute atomic E-state index is 0.0357. The molecule has 0 amide bonds. The number of primary sulfonamides is 1. The second kappa shape index (κ2) is 10.9. The van der Waals surface area contributed by atoms with Crippen LogP contribution in [0.2, 0.25) is 10.0 Å². The normalized spacial score (nSPS) is 11.7. The van der Waals surface area contributed by atoms with Crippen LogP contribution in [0.15, 0.2) is 88.6 Å². The summed E-state index contributed by atoms with van der Waals surface area (Å²) in [6.07, 6.45) is 0. The Kier molecular flexibility index (Phi) is 7.22. The lowest BCUT2D eigenvalue weighted by Gasteiger charge is -2.11. The van der Waals surface area contributed by atoms with E-state index < -0.39 is 21.6 Å². The van der Waals surface area contributed by atoms with Gasteiger partial charge in [-0.05, 0) is 67.1 Å². The number of nitrogens with zero attached hydrogens (tertiary/aromatic N) is 5. The maximum atomic E-state index is 14.3. The number of aromatic nitrogens is 5. The Morgan fingerprint density at radius 3 is 2.09 bits per heavy atom. The first-order valence-electron chi connectivity index (χ1n) is 12.7. The molecule has 43 heavy (non-hydrogen) atoms. The van der Waals surface area contributed by atoms with E-state index in [4.69, 9.17) is 43.0 Å². The Labute approximate surface area is 254 Å². The van der Waals surface area contributed by atoms with Gasteiger partial charge in [-0.1, -0.05) is 47.5 Å². The lowest BCUT2D eigenvalue weighted by molar-refractivity contribution is 0.0509. The number of carbonyl (C=O) groups excluding carboxylic acids is 1. The highest BCUT2D eigenvalue weighted by Crippen LogP contribution is 2.32. The largest absolute Gasteiger partial charge is 0.460 e. The van der Waals surface area contributed by atoms with Crippen LogP contribution in [0.25, 0.3) is 44.9 Å². The van der Waals surface area contributed by atoms with Crippen LogP contribution in [0.5, 0.6) is 0 Å². The van der Waals surface area contributed by atoms with Crippen molar-refractivity contribution in [1.29, 1.82) is 0 Å². The summed E-state index contributed by atoms with van der Waals surface area (Å²) in [7, 11) is -3.96. The summed E-state index contributed by atoms with van der Waals surface area (Å²) < 4.78 is 31.1.